The van der Waals surface area contributed by atoms with Gasteiger partial charge < -0.3 is 10.6 Å². The fourth-order valence-corrected chi connectivity index (χ4v) is 3.65. The van der Waals surface area contributed by atoms with Gasteiger partial charge in [0.05, 0.1) is 17.9 Å². The predicted octanol–water partition coefficient (Wildman–Crippen LogP) is 2.73. The Morgan fingerprint density at radius 1 is 1.50 bits per heavy atom. The lowest BCUT2D eigenvalue weighted by Gasteiger charge is -2.36. The van der Waals surface area contributed by atoms with Crippen LogP contribution in [0.25, 0.3) is 0 Å². The molecule has 1 aliphatic rings. The number of pyridine rings is 1. The van der Waals surface area contributed by atoms with Crippen LogP contribution in [0.1, 0.15) is 29.0 Å². The molecule has 3 rings (SSSR count). The second kappa shape index (κ2) is 4.71. The van der Waals surface area contributed by atoms with Gasteiger partial charge in [0.15, 0.2) is 0 Å². The Bertz CT molecular complexity index is 549. The van der Waals surface area contributed by atoms with E-state index in [9.17, 15) is 0 Å². The highest BCUT2D eigenvalue weighted by Gasteiger charge is 2.26. The van der Waals surface area contributed by atoms with Gasteiger partial charge in [-0.1, -0.05) is 0 Å². The molecule has 0 aliphatic carbocycles. The molecule has 0 saturated carbocycles. The van der Waals surface area contributed by atoms with Crippen molar-refractivity contribution in [2.45, 2.75) is 25.9 Å². The Morgan fingerprint density at radius 2 is 2.39 bits per heavy atom. The second-order valence-electron chi connectivity index (χ2n) is 4.63. The van der Waals surface area contributed by atoms with Crippen LogP contribution in [0.15, 0.2) is 29.9 Å². The van der Waals surface area contributed by atoms with Crippen molar-refractivity contribution in [2.24, 2.45) is 5.73 Å². The van der Waals surface area contributed by atoms with Gasteiger partial charge in [-0.25, -0.2) is 0 Å². The molecule has 94 valence electrons. The standard InChI is InChI=1S/C14H17N3S/c1-10-12-4-7-18-14(12)3-6-17(10)13-9-16-5-2-11(13)8-15/h2,4-5,7,9-10H,3,6,8,15H2,1H3. The van der Waals surface area contributed by atoms with E-state index in [1.807, 2.05) is 29.8 Å². The number of anilines is 1. The summed E-state index contributed by atoms with van der Waals surface area (Å²) in [6, 6.07) is 4.68. The third-order valence-corrected chi connectivity index (χ3v) is 4.69. The Balaban J connectivity index is 1.99. The van der Waals surface area contributed by atoms with E-state index in [2.05, 4.69) is 28.3 Å². The molecule has 2 aromatic heterocycles. The van der Waals surface area contributed by atoms with Crippen molar-refractivity contribution in [2.75, 3.05) is 11.4 Å². The Hall–Kier alpha value is -1.39. The molecule has 18 heavy (non-hydrogen) atoms. The molecule has 0 fully saturated rings. The van der Waals surface area contributed by atoms with Gasteiger partial charge in [0, 0.05) is 24.2 Å². The first-order chi connectivity index (χ1) is 8.81. The predicted molar refractivity (Wildman–Crippen MR) is 75.9 cm³/mol. The molecule has 0 bridgehead atoms. The molecule has 0 spiro atoms. The summed E-state index contributed by atoms with van der Waals surface area (Å²) in [5.74, 6) is 0. The zero-order chi connectivity index (χ0) is 12.5. The normalized spacial score (nSPS) is 18.8. The summed E-state index contributed by atoms with van der Waals surface area (Å²) >= 11 is 1.87. The zero-order valence-electron chi connectivity index (χ0n) is 10.5. The third kappa shape index (κ3) is 1.82. The average Bonchev–Trinajstić information content (AvgIpc) is 2.88. The highest BCUT2D eigenvalue weighted by atomic mass is 32.1. The minimum absolute atomic E-state index is 0.412. The third-order valence-electron chi connectivity index (χ3n) is 3.69. The van der Waals surface area contributed by atoms with Crippen LogP contribution in [-0.4, -0.2) is 11.5 Å². The fourth-order valence-electron chi connectivity index (χ4n) is 2.68. The minimum Gasteiger partial charge on any atom is -0.363 e. The van der Waals surface area contributed by atoms with Crippen LogP contribution in [0.5, 0.6) is 0 Å². The van der Waals surface area contributed by atoms with E-state index in [0.29, 0.717) is 12.6 Å². The van der Waals surface area contributed by atoms with Gasteiger partial charge >= 0.3 is 0 Å². The van der Waals surface area contributed by atoms with Gasteiger partial charge in [-0.3, -0.25) is 4.98 Å². The Kier molecular flexibility index (Phi) is 3.06. The number of hydrogen-bond acceptors (Lipinski definition) is 4. The van der Waals surface area contributed by atoms with Crippen LogP contribution in [-0.2, 0) is 13.0 Å². The van der Waals surface area contributed by atoms with Gasteiger partial charge in [-0.15, -0.1) is 11.3 Å². The Labute approximate surface area is 111 Å². The number of thiophene rings is 1. The number of nitrogens with two attached hydrogens (primary N) is 1. The molecular weight excluding hydrogens is 242 g/mol. The second-order valence-corrected chi connectivity index (χ2v) is 5.63. The van der Waals surface area contributed by atoms with E-state index in [1.54, 1.807) is 0 Å². The molecule has 0 saturated heterocycles. The number of nitrogens with zero attached hydrogens (tertiary/aromatic N) is 2. The van der Waals surface area contributed by atoms with E-state index in [-0.39, 0.29) is 0 Å². The van der Waals surface area contributed by atoms with E-state index in [0.717, 1.165) is 13.0 Å². The topological polar surface area (TPSA) is 42.2 Å². The maximum absolute atomic E-state index is 5.82. The number of fused-ring (bicyclic) bond motifs is 1. The van der Waals surface area contributed by atoms with E-state index in [1.165, 1.54) is 21.7 Å². The SMILES string of the molecule is CC1c2ccsc2CCN1c1cnccc1CN. The summed E-state index contributed by atoms with van der Waals surface area (Å²) in [5, 5.41) is 2.19. The molecule has 1 aliphatic heterocycles. The van der Waals surface area contributed by atoms with Crippen LogP contribution < -0.4 is 10.6 Å². The first-order valence-electron chi connectivity index (χ1n) is 6.27. The van der Waals surface area contributed by atoms with Crippen molar-refractivity contribution in [1.29, 1.82) is 0 Å². The number of hydrogen-bond donors (Lipinski definition) is 1. The van der Waals surface area contributed by atoms with Gasteiger partial charge in [-0.05, 0) is 42.0 Å². The van der Waals surface area contributed by atoms with Crippen molar-refractivity contribution in [3.63, 3.8) is 0 Å². The van der Waals surface area contributed by atoms with E-state index < -0.39 is 0 Å². The monoisotopic (exact) mass is 259 g/mol. The van der Waals surface area contributed by atoms with E-state index >= 15 is 0 Å². The first-order valence-corrected chi connectivity index (χ1v) is 7.15. The molecule has 1 atom stereocenters. The highest BCUT2D eigenvalue weighted by molar-refractivity contribution is 7.10. The largest absolute Gasteiger partial charge is 0.363 e. The molecule has 2 N–H and O–H groups in total. The number of aromatic nitrogens is 1. The van der Waals surface area contributed by atoms with E-state index in [4.69, 9.17) is 5.73 Å². The molecule has 0 radical (unpaired) electrons. The van der Waals surface area contributed by atoms with Gasteiger partial charge in [0.25, 0.3) is 0 Å². The molecular formula is C14H17N3S. The lowest BCUT2D eigenvalue weighted by molar-refractivity contribution is 0.628. The highest BCUT2D eigenvalue weighted by Crippen LogP contribution is 2.36. The van der Waals surface area contributed by atoms with Crippen molar-refractivity contribution in [3.05, 3.63) is 45.9 Å². The maximum Gasteiger partial charge on any atom is 0.0603 e. The summed E-state index contributed by atoms with van der Waals surface area (Å²) in [6.07, 6.45) is 4.88. The fraction of sp³-hybridized carbons (Fsp3) is 0.357. The van der Waals surface area contributed by atoms with Crippen molar-refractivity contribution in [1.82, 2.24) is 4.98 Å². The van der Waals surface area contributed by atoms with Crippen LogP contribution >= 0.6 is 11.3 Å². The smallest absolute Gasteiger partial charge is 0.0603 e. The zero-order valence-corrected chi connectivity index (χ0v) is 11.3. The van der Waals surface area contributed by atoms with Gasteiger partial charge in [0.2, 0.25) is 0 Å². The molecule has 0 aromatic carbocycles. The van der Waals surface area contributed by atoms with Crippen LogP contribution in [0, 0.1) is 0 Å². The minimum atomic E-state index is 0.412. The summed E-state index contributed by atoms with van der Waals surface area (Å²) in [5.41, 5.74) is 9.64. The summed E-state index contributed by atoms with van der Waals surface area (Å²) < 4.78 is 0. The lowest BCUT2D eigenvalue weighted by atomic mass is 10.00. The van der Waals surface area contributed by atoms with Gasteiger partial charge in [-0.2, -0.15) is 0 Å². The molecule has 1 unspecified atom stereocenters. The molecule has 0 amide bonds. The van der Waals surface area contributed by atoms with Gasteiger partial charge in [0.1, 0.15) is 0 Å². The Morgan fingerprint density at radius 3 is 3.22 bits per heavy atom. The van der Waals surface area contributed by atoms with Crippen molar-refractivity contribution < 1.29 is 0 Å². The van der Waals surface area contributed by atoms with Crippen LogP contribution in [0.4, 0.5) is 5.69 Å². The van der Waals surface area contributed by atoms with Crippen molar-refractivity contribution >= 4 is 17.0 Å². The molecule has 3 heterocycles. The number of rotatable bonds is 2. The molecule has 3 nitrogen and oxygen atoms in total. The summed E-state index contributed by atoms with van der Waals surface area (Å²) in [7, 11) is 0. The maximum atomic E-state index is 5.82. The van der Waals surface area contributed by atoms with Crippen LogP contribution in [0.3, 0.4) is 0 Å². The van der Waals surface area contributed by atoms with Crippen LogP contribution in [0.2, 0.25) is 0 Å². The summed E-state index contributed by atoms with van der Waals surface area (Å²) in [4.78, 5) is 8.20. The summed E-state index contributed by atoms with van der Waals surface area (Å²) in [6.45, 7) is 3.88. The lowest BCUT2D eigenvalue weighted by Crippen LogP contribution is -2.34. The first kappa shape index (κ1) is 11.7. The van der Waals surface area contributed by atoms with Crippen molar-refractivity contribution in [3.8, 4) is 0 Å². The molecule has 4 heteroatoms. The molecule has 2 aromatic rings. The quantitative estimate of drug-likeness (QED) is 0.901. The average molecular weight is 259 g/mol.